The predicted molar refractivity (Wildman–Crippen MR) is 59.0 cm³/mol. The van der Waals surface area contributed by atoms with Gasteiger partial charge in [0, 0.05) is 24.7 Å². The summed E-state index contributed by atoms with van der Waals surface area (Å²) in [4.78, 5) is 0. The highest BCUT2D eigenvalue weighted by Crippen LogP contribution is 2.08. The molecular weight excluding hydrogens is 174 g/mol. The van der Waals surface area contributed by atoms with Crippen molar-refractivity contribution in [1.82, 2.24) is 9.78 Å². The highest BCUT2D eigenvalue weighted by atomic mass is 15.3. The first-order chi connectivity index (χ1) is 6.37. The molecule has 3 heteroatoms. The lowest BCUT2D eigenvalue weighted by Crippen LogP contribution is -2.34. The average Bonchev–Trinajstić information content (AvgIpc) is 2.30. The van der Waals surface area contributed by atoms with Gasteiger partial charge in [0.05, 0.1) is 5.69 Å². The van der Waals surface area contributed by atoms with Crippen molar-refractivity contribution in [2.45, 2.75) is 46.2 Å². The van der Waals surface area contributed by atoms with Crippen LogP contribution in [0.3, 0.4) is 0 Å². The van der Waals surface area contributed by atoms with Crippen molar-refractivity contribution in [3.8, 4) is 0 Å². The molecule has 0 bridgehead atoms. The third-order valence-corrected chi connectivity index (χ3v) is 1.88. The summed E-state index contributed by atoms with van der Waals surface area (Å²) >= 11 is 0. The third-order valence-electron chi connectivity index (χ3n) is 1.88. The van der Waals surface area contributed by atoms with Crippen LogP contribution in [0.25, 0.3) is 0 Å². The Labute approximate surface area is 86.3 Å². The van der Waals surface area contributed by atoms with Gasteiger partial charge in [0.1, 0.15) is 0 Å². The van der Waals surface area contributed by atoms with E-state index in [9.17, 15) is 0 Å². The van der Waals surface area contributed by atoms with Gasteiger partial charge in [-0.15, -0.1) is 0 Å². The van der Waals surface area contributed by atoms with Crippen molar-refractivity contribution in [1.29, 1.82) is 0 Å². The van der Waals surface area contributed by atoms with E-state index in [1.165, 1.54) is 0 Å². The Balaban J connectivity index is 2.60. The highest BCUT2D eigenvalue weighted by Gasteiger charge is 2.13. The Kier molecular flexibility index (Phi) is 3.32. The van der Waals surface area contributed by atoms with Crippen molar-refractivity contribution >= 4 is 0 Å². The molecule has 2 N–H and O–H groups in total. The molecule has 0 aliphatic rings. The van der Waals surface area contributed by atoms with Crippen molar-refractivity contribution < 1.29 is 0 Å². The Morgan fingerprint density at radius 3 is 2.64 bits per heavy atom. The van der Waals surface area contributed by atoms with E-state index in [2.05, 4.69) is 25.0 Å². The molecule has 0 aliphatic carbocycles. The topological polar surface area (TPSA) is 43.8 Å². The van der Waals surface area contributed by atoms with Crippen LogP contribution in [0.4, 0.5) is 0 Å². The lowest BCUT2D eigenvalue weighted by Gasteiger charge is -2.16. The quantitative estimate of drug-likeness (QED) is 0.796. The molecule has 0 saturated heterocycles. The van der Waals surface area contributed by atoms with Gasteiger partial charge in [-0.2, -0.15) is 5.10 Å². The minimum Gasteiger partial charge on any atom is -0.325 e. The molecule has 1 aromatic rings. The number of hydrogen-bond donors (Lipinski definition) is 1. The fraction of sp³-hybridized carbons (Fsp3) is 0.727. The summed E-state index contributed by atoms with van der Waals surface area (Å²) in [5, 5.41) is 4.47. The van der Waals surface area contributed by atoms with Crippen LogP contribution in [0.15, 0.2) is 12.3 Å². The van der Waals surface area contributed by atoms with Gasteiger partial charge in [-0.1, -0.05) is 13.8 Å². The van der Waals surface area contributed by atoms with Crippen molar-refractivity contribution in [2.75, 3.05) is 0 Å². The van der Waals surface area contributed by atoms with Crippen LogP contribution in [-0.4, -0.2) is 15.3 Å². The fourth-order valence-corrected chi connectivity index (χ4v) is 1.44. The molecule has 0 atom stereocenters. The summed E-state index contributed by atoms with van der Waals surface area (Å²) in [6.07, 6.45) is 2.86. The van der Waals surface area contributed by atoms with Crippen molar-refractivity contribution in [2.24, 2.45) is 11.7 Å². The van der Waals surface area contributed by atoms with E-state index in [1.54, 1.807) is 0 Å². The van der Waals surface area contributed by atoms with Crippen LogP contribution in [0.1, 0.15) is 33.4 Å². The van der Waals surface area contributed by atoms with Gasteiger partial charge in [-0.25, -0.2) is 0 Å². The summed E-state index contributed by atoms with van der Waals surface area (Å²) in [6.45, 7) is 9.40. The molecule has 0 aromatic carbocycles. The van der Waals surface area contributed by atoms with Crippen LogP contribution in [0, 0.1) is 5.92 Å². The zero-order valence-corrected chi connectivity index (χ0v) is 9.62. The summed E-state index contributed by atoms with van der Waals surface area (Å²) in [5.41, 5.74) is 6.84. The average molecular weight is 195 g/mol. The van der Waals surface area contributed by atoms with E-state index in [0.29, 0.717) is 5.92 Å². The second kappa shape index (κ2) is 4.13. The number of nitrogens with zero attached hydrogens (tertiary/aromatic N) is 2. The summed E-state index contributed by atoms with van der Waals surface area (Å²) in [6, 6.07) is 2.05. The maximum Gasteiger partial charge on any atom is 0.0642 e. The minimum atomic E-state index is -0.170. The summed E-state index contributed by atoms with van der Waals surface area (Å²) in [5.74, 6) is 0.633. The molecule has 3 nitrogen and oxygen atoms in total. The highest BCUT2D eigenvalue weighted by molar-refractivity contribution is 5.03. The minimum absolute atomic E-state index is 0.170. The Hall–Kier alpha value is -0.830. The van der Waals surface area contributed by atoms with Gasteiger partial charge in [-0.05, 0) is 25.8 Å². The first-order valence-electron chi connectivity index (χ1n) is 5.18. The second-order valence-electron chi connectivity index (χ2n) is 5.09. The molecule has 0 unspecified atom stereocenters. The SMILES string of the molecule is CC(C)Cn1ccc(CC(C)(C)N)n1. The lowest BCUT2D eigenvalue weighted by molar-refractivity contribution is 0.466. The molecule has 0 radical (unpaired) electrons. The van der Waals surface area contributed by atoms with Crippen LogP contribution >= 0.6 is 0 Å². The van der Waals surface area contributed by atoms with Crippen LogP contribution < -0.4 is 5.73 Å². The van der Waals surface area contributed by atoms with E-state index in [-0.39, 0.29) is 5.54 Å². The van der Waals surface area contributed by atoms with Crippen LogP contribution in [0.2, 0.25) is 0 Å². The Morgan fingerprint density at radius 1 is 1.50 bits per heavy atom. The lowest BCUT2D eigenvalue weighted by atomic mass is 10.0. The van der Waals surface area contributed by atoms with E-state index in [4.69, 9.17) is 5.73 Å². The first kappa shape index (κ1) is 11.2. The van der Waals surface area contributed by atoms with Gasteiger partial charge in [0.2, 0.25) is 0 Å². The molecule has 0 fully saturated rings. The number of rotatable bonds is 4. The molecule has 14 heavy (non-hydrogen) atoms. The molecule has 0 amide bonds. The van der Waals surface area contributed by atoms with Crippen molar-refractivity contribution in [3.05, 3.63) is 18.0 Å². The molecule has 1 heterocycles. The maximum atomic E-state index is 5.93. The zero-order chi connectivity index (χ0) is 10.8. The standard InChI is InChI=1S/C11H21N3/c1-9(2)8-14-6-5-10(13-14)7-11(3,4)12/h5-6,9H,7-8,12H2,1-4H3. The Bertz CT molecular complexity index is 281. The third kappa shape index (κ3) is 3.92. The second-order valence-corrected chi connectivity index (χ2v) is 5.09. The molecule has 0 aliphatic heterocycles. The zero-order valence-electron chi connectivity index (χ0n) is 9.62. The van der Waals surface area contributed by atoms with Crippen molar-refractivity contribution in [3.63, 3.8) is 0 Å². The molecule has 80 valence electrons. The molecule has 1 aromatic heterocycles. The van der Waals surface area contributed by atoms with E-state index in [1.807, 2.05) is 24.7 Å². The smallest absolute Gasteiger partial charge is 0.0642 e. The molecule has 0 spiro atoms. The Morgan fingerprint density at radius 2 is 2.14 bits per heavy atom. The van der Waals surface area contributed by atoms with E-state index in [0.717, 1.165) is 18.7 Å². The van der Waals surface area contributed by atoms with Gasteiger partial charge >= 0.3 is 0 Å². The summed E-state index contributed by atoms with van der Waals surface area (Å²) < 4.78 is 1.99. The monoisotopic (exact) mass is 195 g/mol. The molecule has 0 saturated carbocycles. The van der Waals surface area contributed by atoms with Gasteiger partial charge in [0.15, 0.2) is 0 Å². The normalized spacial score (nSPS) is 12.4. The van der Waals surface area contributed by atoms with E-state index >= 15 is 0 Å². The van der Waals surface area contributed by atoms with Gasteiger partial charge in [0.25, 0.3) is 0 Å². The fourth-order valence-electron chi connectivity index (χ4n) is 1.44. The van der Waals surface area contributed by atoms with Gasteiger partial charge in [-0.3, -0.25) is 4.68 Å². The van der Waals surface area contributed by atoms with E-state index < -0.39 is 0 Å². The van der Waals surface area contributed by atoms with Gasteiger partial charge < -0.3 is 5.73 Å². The number of nitrogens with two attached hydrogens (primary N) is 1. The predicted octanol–water partition coefficient (Wildman–Crippen LogP) is 1.82. The van der Waals surface area contributed by atoms with Crippen LogP contribution in [0.5, 0.6) is 0 Å². The molecule has 1 rings (SSSR count). The maximum absolute atomic E-state index is 5.93. The number of aromatic nitrogens is 2. The summed E-state index contributed by atoms with van der Waals surface area (Å²) in [7, 11) is 0. The largest absolute Gasteiger partial charge is 0.325 e. The first-order valence-corrected chi connectivity index (χ1v) is 5.18. The van der Waals surface area contributed by atoms with Crippen LogP contribution in [-0.2, 0) is 13.0 Å². The molecular formula is C11H21N3. The number of hydrogen-bond acceptors (Lipinski definition) is 2.